The van der Waals surface area contributed by atoms with E-state index in [1.807, 2.05) is 61.5 Å². The van der Waals surface area contributed by atoms with Crippen molar-refractivity contribution in [2.24, 2.45) is 0 Å². The normalized spacial score (nSPS) is 20.4. The number of ketones is 1. The Labute approximate surface area is 153 Å². The van der Waals surface area contributed by atoms with E-state index in [0.29, 0.717) is 6.42 Å². The molecule has 2 N–H and O–H groups in total. The van der Waals surface area contributed by atoms with Crippen molar-refractivity contribution in [2.45, 2.75) is 31.3 Å². The van der Waals surface area contributed by atoms with Gasteiger partial charge in [0, 0.05) is 0 Å². The van der Waals surface area contributed by atoms with E-state index >= 15 is 0 Å². The molecular weight excluding hydrogens is 328 g/mol. The largest absolute Gasteiger partial charge is 0.453 e. The maximum absolute atomic E-state index is 13.7. The Morgan fingerprint density at radius 3 is 2.42 bits per heavy atom. The maximum Gasteiger partial charge on any atom is 0.407 e. The van der Waals surface area contributed by atoms with Crippen molar-refractivity contribution in [1.29, 1.82) is 0 Å². The molecule has 0 aromatic heterocycles. The van der Waals surface area contributed by atoms with Crippen LogP contribution in [-0.4, -0.2) is 25.5 Å². The molecule has 5 nitrogen and oxygen atoms in total. The van der Waals surface area contributed by atoms with Crippen molar-refractivity contribution in [3.05, 3.63) is 71.3 Å². The third kappa shape index (κ3) is 3.35. The van der Waals surface area contributed by atoms with Gasteiger partial charge in [-0.1, -0.05) is 54.6 Å². The zero-order valence-electron chi connectivity index (χ0n) is 15.1. The molecule has 0 unspecified atom stereocenters. The van der Waals surface area contributed by atoms with E-state index in [9.17, 15) is 9.59 Å². The second-order valence-corrected chi connectivity index (χ2v) is 6.59. The molecule has 0 bridgehead atoms. The number of methoxy groups -OCH3 is 1. The summed E-state index contributed by atoms with van der Waals surface area (Å²) in [6, 6.07) is 16.4. The number of alkyl carbamates (subject to hydrolysis) is 1. The lowest BCUT2D eigenvalue weighted by Gasteiger charge is -2.34. The van der Waals surface area contributed by atoms with Gasteiger partial charge in [-0.25, -0.2) is 4.79 Å². The highest BCUT2D eigenvalue weighted by atomic mass is 16.5. The number of amides is 1. The van der Waals surface area contributed by atoms with E-state index in [4.69, 9.17) is 4.74 Å². The fourth-order valence-corrected chi connectivity index (χ4v) is 3.74. The SMILES string of the molecule is COC(=O)N[C@@H](C(=O)[C@@]1(c2ccccc2C)CCCN1)c1ccccc1. The first-order chi connectivity index (χ1) is 12.6. The van der Waals surface area contributed by atoms with Crippen LogP contribution in [0.1, 0.15) is 35.6 Å². The number of rotatable bonds is 5. The summed E-state index contributed by atoms with van der Waals surface area (Å²) in [5, 5.41) is 6.15. The van der Waals surface area contributed by atoms with Crippen molar-refractivity contribution in [3.8, 4) is 0 Å². The average Bonchev–Trinajstić information content (AvgIpc) is 3.17. The lowest BCUT2D eigenvalue weighted by atomic mass is 9.78. The number of hydrogen-bond donors (Lipinski definition) is 2. The van der Waals surface area contributed by atoms with Gasteiger partial charge in [0.15, 0.2) is 5.78 Å². The summed E-state index contributed by atoms with van der Waals surface area (Å²) in [7, 11) is 1.30. The predicted molar refractivity (Wildman–Crippen MR) is 99.8 cm³/mol. The van der Waals surface area contributed by atoms with Crippen molar-refractivity contribution in [1.82, 2.24) is 10.6 Å². The highest BCUT2D eigenvalue weighted by molar-refractivity contribution is 5.97. The molecule has 1 saturated heterocycles. The maximum atomic E-state index is 13.7. The fourth-order valence-electron chi connectivity index (χ4n) is 3.74. The average molecular weight is 352 g/mol. The molecular formula is C21H24N2O3. The zero-order valence-corrected chi connectivity index (χ0v) is 15.1. The molecule has 1 aliphatic rings. The molecule has 5 heteroatoms. The molecule has 1 amide bonds. The Balaban J connectivity index is 2.06. The quantitative estimate of drug-likeness (QED) is 0.867. The summed E-state index contributed by atoms with van der Waals surface area (Å²) in [4.78, 5) is 25.7. The predicted octanol–water partition coefficient (Wildman–Crippen LogP) is 3.24. The van der Waals surface area contributed by atoms with Crippen molar-refractivity contribution >= 4 is 11.9 Å². The van der Waals surface area contributed by atoms with Crippen LogP contribution < -0.4 is 10.6 Å². The minimum Gasteiger partial charge on any atom is -0.453 e. The lowest BCUT2D eigenvalue weighted by molar-refractivity contribution is -0.127. The van der Waals surface area contributed by atoms with Gasteiger partial charge < -0.3 is 15.4 Å². The molecule has 136 valence electrons. The molecule has 2 aromatic rings. The highest BCUT2D eigenvalue weighted by Gasteiger charge is 2.46. The fraction of sp³-hybridized carbons (Fsp3) is 0.333. The van der Waals surface area contributed by atoms with Crippen LogP contribution in [0.4, 0.5) is 4.79 Å². The molecule has 3 rings (SSSR count). The van der Waals surface area contributed by atoms with Gasteiger partial charge in [-0.15, -0.1) is 0 Å². The van der Waals surface area contributed by atoms with Crippen LogP contribution in [-0.2, 0) is 15.1 Å². The van der Waals surface area contributed by atoms with Crippen molar-refractivity contribution < 1.29 is 14.3 Å². The molecule has 1 aliphatic heterocycles. The van der Waals surface area contributed by atoms with E-state index in [1.54, 1.807) is 0 Å². The smallest absolute Gasteiger partial charge is 0.407 e. The van der Waals surface area contributed by atoms with E-state index in [-0.39, 0.29) is 5.78 Å². The second-order valence-electron chi connectivity index (χ2n) is 6.59. The van der Waals surface area contributed by atoms with Crippen molar-refractivity contribution in [2.75, 3.05) is 13.7 Å². The van der Waals surface area contributed by atoms with Crippen LogP contribution in [0.15, 0.2) is 54.6 Å². The summed E-state index contributed by atoms with van der Waals surface area (Å²) in [5.41, 5.74) is 1.95. The summed E-state index contributed by atoms with van der Waals surface area (Å²) >= 11 is 0. The number of benzene rings is 2. The Morgan fingerprint density at radius 1 is 1.12 bits per heavy atom. The third-order valence-electron chi connectivity index (χ3n) is 5.02. The topological polar surface area (TPSA) is 67.4 Å². The van der Waals surface area contributed by atoms with E-state index in [2.05, 4.69) is 10.6 Å². The van der Waals surface area contributed by atoms with Crippen LogP contribution >= 0.6 is 0 Å². The standard InChI is InChI=1S/C21H24N2O3/c1-15-9-6-7-12-17(15)21(13-8-14-22-21)19(24)18(23-20(25)26-2)16-10-4-3-5-11-16/h3-7,9-12,18,22H,8,13-14H2,1-2H3,(H,23,25)/t18-,21+/m1/s1. The zero-order chi connectivity index (χ0) is 18.6. The number of nitrogens with one attached hydrogen (secondary N) is 2. The minimum atomic E-state index is -0.813. The Hall–Kier alpha value is -2.66. The number of Topliss-reactive ketones (excluding diaryl/α,β-unsaturated/α-hetero) is 1. The molecule has 26 heavy (non-hydrogen) atoms. The number of ether oxygens (including phenoxy) is 1. The van der Waals surface area contributed by atoms with Gasteiger partial charge in [-0.2, -0.15) is 0 Å². The van der Waals surface area contributed by atoms with Gasteiger partial charge in [0.25, 0.3) is 0 Å². The Morgan fingerprint density at radius 2 is 1.81 bits per heavy atom. The Bertz CT molecular complexity index is 783. The first-order valence-corrected chi connectivity index (χ1v) is 8.83. The van der Waals surface area contributed by atoms with Gasteiger partial charge in [0.1, 0.15) is 11.6 Å². The van der Waals surface area contributed by atoms with Crippen LogP contribution in [0, 0.1) is 6.92 Å². The van der Waals surface area contributed by atoms with Gasteiger partial charge in [-0.05, 0) is 43.0 Å². The molecule has 0 saturated carbocycles. The number of carbonyl (C=O) groups is 2. The molecule has 0 spiro atoms. The van der Waals surface area contributed by atoms with Gasteiger partial charge in [0.05, 0.1) is 7.11 Å². The number of aryl methyl sites for hydroxylation is 1. The third-order valence-corrected chi connectivity index (χ3v) is 5.02. The van der Waals surface area contributed by atoms with Gasteiger partial charge in [0.2, 0.25) is 0 Å². The van der Waals surface area contributed by atoms with Crippen LogP contribution in [0.3, 0.4) is 0 Å². The number of hydrogen-bond acceptors (Lipinski definition) is 4. The summed E-state index contributed by atoms with van der Waals surface area (Å²) in [6.45, 7) is 2.77. The van der Waals surface area contributed by atoms with Crippen LogP contribution in [0.5, 0.6) is 0 Å². The lowest BCUT2D eigenvalue weighted by Crippen LogP contribution is -2.51. The molecule has 2 aromatic carbocycles. The first kappa shape index (κ1) is 18.1. The molecule has 0 aliphatic carbocycles. The molecule has 0 radical (unpaired) electrons. The first-order valence-electron chi connectivity index (χ1n) is 8.83. The molecule has 1 fully saturated rings. The van der Waals surface area contributed by atoms with Crippen LogP contribution in [0.2, 0.25) is 0 Å². The summed E-state index contributed by atoms with van der Waals surface area (Å²) in [6.07, 6.45) is 0.980. The number of carbonyl (C=O) groups excluding carboxylic acids is 2. The minimum absolute atomic E-state index is 0.0686. The highest BCUT2D eigenvalue weighted by Crippen LogP contribution is 2.37. The molecule has 2 atom stereocenters. The summed E-state index contributed by atoms with van der Waals surface area (Å²) < 4.78 is 4.75. The monoisotopic (exact) mass is 352 g/mol. The van der Waals surface area contributed by atoms with Gasteiger partial charge in [-0.3, -0.25) is 4.79 Å². The molecule has 1 heterocycles. The Kier molecular flexibility index (Phi) is 5.38. The van der Waals surface area contributed by atoms with E-state index in [1.165, 1.54) is 7.11 Å². The second kappa shape index (κ2) is 7.70. The van der Waals surface area contributed by atoms with Crippen molar-refractivity contribution in [3.63, 3.8) is 0 Å². The van der Waals surface area contributed by atoms with Gasteiger partial charge >= 0.3 is 6.09 Å². The van der Waals surface area contributed by atoms with E-state index in [0.717, 1.165) is 29.7 Å². The summed E-state index contributed by atoms with van der Waals surface area (Å²) in [5.74, 6) is -0.0686. The van der Waals surface area contributed by atoms with E-state index < -0.39 is 17.7 Å². The van der Waals surface area contributed by atoms with Crippen LogP contribution in [0.25, 0.3) is 0 Å².